The highest BCUT2D eigenvalue weighted by Gasteiger charge is 2.15. The summed E-state index contributed by atoms with van der Waals surface area (Å²) in [6.07, 6.45) is 2.60. The molecule has 1 fully saturated rings. The normalized spacial score (nSPS) is 15.3. The molecule has 2 N–H and O–H groups in total. The number of hydrogen-bond donors (Lipinski definition) is 1. The molecule has 2 heterocycles. The third-order valence-electron chi connectivity index (χ3n) is 4.06. The fraction of sp³-hybridized carbons (Fsp3) is 0.500. The van der Waals surface area contributed by atoms with E-state index in [0.717, 1.165) is 30.2 Å². The van der Waals surface area contributed by atoms with Gasteiger partial charge in [0.2, 0.25) is 0 Å². The van der Waals surface area contributed by atoms with Crippen LogP contribution in [0.15, 0.2) is 30.3 Å². The summed E-state index contributed by atoms with van der Waals surface area (Å²) in [5.74, 6) is 0.845. The lowest BCUT2D eigenvalue weighted by molar-refractivity contribution is 0.276. The third-order valence-corrected chi connectivity index (χ3v) is 4.06. The van der Waals surface area contributed by atoms with Crippen LogP contribution in [0.1, 0.15) is 24.2 Å². The predicted octanol–water partition coefficient (Wildman–Crippen LogP) is 1.41. The van der Waals surface area contributed by atoms with Crippen LogP contribution in [-0.2, 0) is 19.7 Å². The molecule has 118 valence electrons. The zero-order valence-electron chi connectivity index (χ0n) is 12.8. The molecule has 1 aliphatic heterocycles. The molecule has 0 radical (unpaired) electrons. The first kappa shape index (κ1) is 15.0. The van der Waals surface area contributed by atoms with E-state index in [2.05, 4.69) is 15.2 Å². The molecule has 6 heteroatoms. The molecular weight excluding hydrogens is 278 g/mol. The molecular formula is C16H23N5O. The van der Waals surface area contributed by atoms with Crippen molar-refractivity contribution in [3.05, 3.63) is 41.7 Å². The minimum atomic E-state index is 0.386. The zero-order chi connectivity index (χ0) is 15.2. The van der Waals surface area contributed by atoms with Crippen LogP contribution in [0, 0.1) is 0 Å². The molecule has 0 aliphatic carbocycles. The van der Waals surface area contributed by atoms with Gasteiger partial charge in [-0.05, 0) is 38.1 Å². The van der Waals surface area contributed by atoms with Gasteiger partial charge in [-0.15, -0.1) is 5.10 Å². The maximum absolute atomic E-state index is 5.84. The van der Waals surface area contributed by atoms with E-state index in [0.29, 0.717) is 13.2 Å². The Labute approximate surface area is 130 Å². The first-order valence-electron chi connectivity index (χ1n) is 7.88. The van der Waals surface area contributed by atoms with Crippen molar-refractivity contribution in [2.45, 2.75) is 32.5 Å². The molecule has 0 unspecified atom stereocenters. The number of benzene rings is 1. The minimum Gasteiger partial charge on any atom is -0.487 e. The van der Waals surface area contributed by atoms with Gasteiger partial charge in [0.25, 0.3) is 0 Å². The van der Waals surface area contributed by atoms with Crippen molar-refractivity contribution in [2.75, 3.05) is 19.6 Å². The molecule has 3 rings (SSSR count). The smallest absolute Gasteiger partial charge is 0.132 e. The Kier molecular flexibility index (Phi) is 5.03. The number of para-hydroxylation sites is 1. The highest BCUT2D eigenvalue weighted by atomic mass is 16.5. The maximum atomic E-state index is 5.84. The van der Waals surface area contributed by atoms with E-state index in [4.69, 9.17) is 10.5 Å². The summed E-state index contributed by atoms with van der Waals surface area (Å²) in [4.78, 5) is 2.46. The van der Waals surface area contributed by atoms with Crippen LogP contribution in [0.4, 0.5) is 0 Å². The van der Waals surface area contributed by atoms with E-state index in [1.807, 2.05) is 35.0 Å². The van der Waals surface area contributed by atoms with Gasteiger partial charge >= 0.3 is 0 Å². The quantitative estimate of drug-likeness (QED) is 0.837. The van der Waals surface area contributed by atoms with Gasteiger partial charge in [0.05, 0.1) is 6.54 Å². The number of rotatable bonds is 7. The standard InChI is InChI=1S/C16H23N5O/c17-12-15-16(13-22-14-6-2-1-3-7-14)21(19-18-15)11-10-20-8-4-5-9-20/h1-3,6-7H,4-5,8-13,17H2. The highest BCUT2D eigenvalue weighted by molar-refractivity contribution is 5.21. The van der Waals surface area contributed by atoms with Gasteiger partial charge in [0.15, 0.2) is 0 Å². The Morgan fingerprint density at radius 3 is 2.59 bits per heavy atom. The molecule has 6 nitrogen and oxygen atoms in total. The predicted molar refractivity (Wildman–Crippen MR) is 84.4 cm³/mol. The average molecular weight is 301 g/mol. The van der Waals surface area contributed by atoms with Crippen molar-refractivity contribution < 1.29 is 4.74 Å². The van der Waals surface area contributed by atoms with Gasteiger partial charge in [-0.3, -0.25) is 0 Å². The minimum absolute atomic E-state index is 0.386. The summed E-state index contributed by atoms with van der Waals surface area (Å²) in [6.45, 7) is 5.05. The molecule has 2 aromatic rings. The van der Waals surface area contributed by atoms with E-state index in [1.54, 1.807) is 0 Å². The highest BCUT2D eigenvalue weighted by Crippen LogP contribution is 2.14. The van der Waals surface area contributed by atoms with E-state index < -0.39 is 0 Å². The monoisotopic (exact) mass is 301 g/mol. The molecule has 0 atom stereocenters. The largest absolute Gasteiger partial charge is 0.487 e. The summed E-state index contributed by atoms with van der Waals surface area (Å²) >= 11 is 0. The molecule has 1 aromatic heterocycles. The van der Waals surface area contributed by atoms with Crippen LogP contribution in [0.3, 0.4) is 0 Å². The van der Waals surface area contributed by atoms with Crippen molar-refractivity contribution in [2.24, 2.45) is 5.73 Å². The Bertz CT molecular complexity index is 577. The second kappa shape index (κ2) is 7.38. The number of hydrogen-bond acceptors (Lipinski definition) is 5. The first-order chi connectivity index (χ1) is 10.9. The molecule has 0 bridgehead atoms. The second-order valence-corrected chi connectivity index (χ2v) is 5.56. The summed E-state index contributed by atoms with van der Waals surface area (Å²) < 4.78 is 7.77. The van der Waals surface area contributed by atoms with Crippen molar-refractivity contribution in [1.29, 1.82) is 0 Å². The van der Waals surface area contributed by atoms with E-state index in [-0.39, 0.29) is 0 Å². The van der Waals surface area contributed by atoms with Crippen molar-refractivity contribution >= 4 is 0 Å². The van der Waals surface area contributed by atoms with Gasteiger partial charge in [0.1, 0.15) is 23.7 Å². The Morgan fingerprint density at radius 2 is 1.86 bits per heavy atom. The van der Waals surface area contributed by atoms with Crippen LogP contribution < -0.4 is 10.5 Å². The number of nitrogens with two attached hydrogens (primary N) is 1. The Balaban J connectivity index is 1.64. The molecule has 0 saturated carbocycles. The summed E-state index contributed by atoms with van der Waals surface area (Å²) in [6, 6.07) is 9.78. The topological polar surface area (TPSA) is 69.2 Å². The van der Waals surface area contributed by atoms with E-state index >= 15 is 0 Å². The van der Waals surface area contributed by atoms with Crippen LogP contribution >= 0.6 is 0 Å². The first-order valence-corrected chi connectivity index (χ1v) is 7.88. The Hall–Kier alpha value is -1.92. The average Bonchev–Trinajstić information content (AvgIpc) is 3.21. The van der Waals surface area contributed by atoms with Crippen LogP contribution in [0.25, 0.3) is 0 Å². The lowest BCUT2D eigenvalue weighted by atomic mass is 10.3. The van der Waals surface area contributed by atoms with Gasteiger partial charge < -0.3 is 15.4 Å². The summed E-state index contributed by atoms with van der Waals surface area (Å²) in [5, 5.41) is 8.42. The SMILES string of the molecule is NCc1nnn(CCN2CCCC2)c1COc1ccccc1. The zero-order valence-corrected chi connectivity index (χ0v) is 12.8. The molecule has 22 heavy (non-hydrogen) atoms. The molecule has 1 aromatic carbocycles. The fourth-order valence-corrected chi connectivity index (χ4v) is 2.78. The van der Waals surface area contributed by atoms with Crippen molar-refractivity contribution in [1.82, 2.24) is 19.9 Å². The lowest BCUT2D eigenvalue weighted by Gasteiger charge is -2.15. The van der Waals surface area contributed by atoms with Crippen molar-refractivity contribution in [3.8, 4) is 5.75 Å². The van der Waals surface area contributed by atoms with Crippen LogP contribution in [-0.4, -0.2) is 39.5 Å². The van der Waals surface area contributed by atoms with Crippen molar-refractivity contribution in [3.63, 3.8) is 0 Å². The summed E-state index contributed by atoms with van der Waals surface area (Å²) in [7, 11) is 0. The molecule has 1 aliphatic rings. The van der Waals surface area contributed by atoms with E-state index in [1.165, 1.54) is 25.9 Å². The Morgan fingerprint density at radius 1 is 1.09 bits per heavy atom. The molecule has 0 amide bonds. The van der Waals surface area contributed by atoms with Gasteiger partial charge in [-0.25, -0.2) is 4.68 Å². The molecule has 1 saturated heterocycles. The van der Waals surface area contributed by atoms with Gasteiger partial charge in [-0.2, -0.15) is 0 Å². The van der Waals surface area contributed by atoms with E-state index in [9.17, 15) is 0 Å². The molecule has 0 spiro atoms. The third kappa shape index (κ3) is 3.64. The number of ether oxygens (including phenoxy) is 1. The van der Waals surface area contributed by atoms with Crippen LogP contribution in [0.5, 0.6) is 5.75 Å². The fourth-order valence-electron chi connectivity index (χ4n) is 2.78. The second-order valence-electron chi connectivity index (χ2n) is 5.56. The lowest BCUT2D eigenvalue weighted by Crippen LogP contribution is -2.25. The van der Waals surface area contributed by atoms with Crippen LogP contribution in [0.2, 0.25) is 0 Å². The number of likely N-dealkylation sites (tertiary alicyclic amines) is 1. The number of nitrogens with zero attached hydrogens (tertiary/aromatic N) is 4. The maximum Gasteiger partial charge on any atom is 0.132 e. The summed E-state index contributed by atoms with van der Waals surface area (Å²) in [5.41, 5.74) is 7.56. The number of aromatic nitrogens is 3. The van der Waals surface area contributed by atoms with Gasteiger partial charge in [-0.1, -0.05) is 23.4 Å². The van der Waals surface area contributed by atoms with Gasteiger partial charge in [0, 0.05) is 13.1 Å².